The van der Waals surface area contributed by atoms with Gasteiger partial charge in [0.15, 0.2) is 0 Å². The number of rotatable bonds is 9. The minimum atomic E-state index is 0.0337. The lowest BCUT2D eigenvalue weighted by Crippen LogP contribution is -2.43. The summed E-state index contributed by atoms with van der Waals surface area (Å²) in [5.74, 6) is 0.0376. The summed E-state index contributed by atoms with van der Waals surface area (Å²) >= 11 is 0. The van der Waals surface area contributed by atoms with Gasteiger partial charge in [-0.15, -0.1) is 0 Å². The number of ether oxygens (including phenoxy) is 2. The van der Waals surface area contributed by atoms with Gasteiger partial charge in [0.05, 0.1) is 19.3 Å². The summed E-state index contributed by atoms with van der Waals surface area (Å²) in [6.07, 6.45) is 0.871. The zero-order valence-electron chi connectivity index (χ0n) is 10.4. The van der Waals surface area contributed by atoms with E-state index in [0.29, 0.717) is 32.6 Å². The standard InChI is InChI=1S/C11H23NO4/c1-10(9-16-3)12(6-8-15-2)11(14)5-4-7-13/h10,13H,4-9H2,1-3H3. The summed E-state index contributed by atoms with van der Waals surface area (Å²) in [7, 11) is 3.22. The van der Waals surface area contributed by atoms with Gasteiger partial charge < -0.3 is 19.5 Å². The van der Waals surface area contributed by atoms with E-state index in [1.807, 2.05) is 6.92 Å². The van der Waals surface area contributed by atoms with E-state index < -0.39 is 0 Å². The number of hydrogen-bond donors (Lipinski definition) is 1. The Morgan fingerprint density at radius 1 is 1.38 bits per heavy atom. The highest BCUT2D eigenvalue weighted by molar-refractivity contribution is 5.76. The second-order valence-electron chi connectivity index (χ2n) is 3.71. The van der Waals surface area contributed by atoms with E-state index in [2.05, 4.69) is 0 Å². The summed E-state index contributed by atoms with van der Waals surface area (Å²) in [6, 6.07) is 0.0337. The van der Waals surface area contributed by atoms with Crippen molar-refractivity contribution in [3.63, 3.8) is 0 Å². The SMILES string of the molecule is COCCN(C(=O)CCCO)C(C)COC. The van der Waals surface area contributed by atoms with Crippen LogP contribution in [0.1, 0.15) is 19.8 Å². The number of carbonyl (C=O) groups excluding carboxylic acids is 1. The number of aliphatic hydroxyl groups is 1. The average molecular weight is 233 g/mol. The average Bonchev–Trinajstić information content (AvgIpc) is 2.27. The van der Waals surface area contributed by atoms with Crippen LogP contribution in [0.15, 0.2) is 0 Å². The van der Waals surface area contributed by atoms with E-state index in [0.717, 1.165) is 0 Å². The largest absolute Gasteiger partial charge is 0.396 e. The van der Waals surface area contributed by atoms with Gasteiger partial charge in [-0.25, -0.2) is 0 Å². The molecular formula is C11H23NO4. The zero-order valence-corrected chi connectivity index (χ0v) is 10.4. The van der Waals surface area contributed by atoms with Gasteiger partial charge >= 0.3 is 0 Å². The minimum Gasteiger partial charge on any atom is -0.396 e. The lowest BCUT2D eigenvalue weighted by molar-refractivity contribution is -0.135. The molecule has 1 N–H and O–H groups in total. The molecular weight excluding hydrogens is 210 g/mol. The van der Waals surface area contributed by atoms with Crippen LogP contribution in [-0.4, -0.2) is 62.5 Å². The van der Waals surface area contributed by atoms with Crippen molar-refractivity contribution < 1.29 is 19.4 Å². The van der Waals surface area contributed by atoms with Crippen LogP contribution >= 0.6 is 0 Å². The van der Waals surface area contributed by atoms with Crippen molar-refractivity contribution in [2.24, 2.45) is 0 Å². The Labute approximate surface area is 97.3 Å². The van der Waals surface area contributed by atoms with Crippen LogP contribution in [0, 0.1) is 0 Å². The van der Waals surface area contributed by atoms with Gasteiger partial charge in [0.1, 0.15) is 0 Å². The molecule has 0 saturated heterocycles. The molecule has 1 amide bonds. The summed E-state index contributed by atoms with van der Waals surface area (Å²) in [5.41, 5.74) is 0. The third-order valence-electron chi connectivity index (χ3n) is 2.35. The van der Waals surface area contributed by atoms with Gasteiger partial charge in [0, 0.05) is 33.8 Å². The lowest BCUT2D eigenvalue weighted by atomic mass is 10.2. The highest BCUT2D eigenvalue weighted by atomic mass is 16.5. The number of hydrogen-bond acceptors (Lipinski definition) is 4. The molecule has 1 atom stereocenters. The molecule has 1 unspecified atom stereocenters. The molecule has 96 valence electrons. The van der Waals surface area contributed by atoms with Crippen LogP contribution in [0.2, 0.25) is 0 Å². The van der Waals surface area contributed by atoms with Gasteiger partial charge in [-0.1, -0.05) is 0 Å². The van der Waals surface area contributed by atoms with Gasteiger partial charge in [-0.3, -0.25) is 4.79 Å². The van der Waals surface area contributed by atoms with Crippen molar-refractivity contribution in [3.05, 3.63) is 0 Å². The quantitative estimate of drug-likeness (QED) is 0.621. The zero-order chi connectivity index (χ0) is 12.4. The minimum absolute atomic E-state index is 0.0337. The lowest BCUT2D eigenvalue weighted by Gasteiger charge is -2.28. The highest BCUT2D eigenvalue weighted by Gasteiger charge is 2.18. The second kappa shape index (κ2) is 9.57. The summed E-state index contributed by atoms with van der Waals surface area (Å²) in [6.45, 7) is 3.57. The van der Waals surface area contributed by atoms with Crippen molar-refractivity contribution in [2.45, 2.75) is 25.8 Å². The fourth-order valence-corrected chi connectivity index (χ4v) is 1.49. The van der Waals surface area contributed by atoms with Crippen molar-refractivity contribution in [1.82, 2.24) is 4.90 Å². The first-order valence-electron chi connectivity index (χ1n) is 5.55. The Morgan fingerprint density at radius 2 is 2.06 bits per heavy atom. The second-order valence-corrected chi connectivity index (χ2v) is 3.71. The van der Waals surface area contributed by atoms with Gasteiger partial charge in [0.2, 0.25) is 5.91 Å². The van der Waals surface area contributed by atoms with Crippen LogP contribution in [0.3, 0.4) is 0 Å². The number of aliphatic hydroxyl groups excluding tert-OH is 1. The Bertz CT molecular complexity index is 187. The van der Waals surface area contributed by atoms with Crippen molar-refractivity contribution in [1.29, 1.82) is 0 Å². The summed E-state index contributed by atoms with van der Waals surface area (Å²) in [4.78, 5) is 13.6. The maximum Gasteiger partial charge on any atom is 0.223 e. The Morgan fingerprint density at radius 3 is 2.56 bits per heavy atom. The van der Waals surface area contributed by atoms with E-state index in [1.54, 1.807) is 19.1 Å². The van der Waals surface area contributed by atoms with Crippen LogP contribution in [0.5, 0.6) is 0 Å². The Kier molecular flexibility index (Phi) is 9.18. The van der Waals surface area contributed by atoms with Gasteiger partial charge in [0.25, 0.3) is 0 Å². The molecule has 5 nitrogen and oxygen atoms in total. The number of methoxy groups -OCH3 is 2. The van der Waals surface area contributed by atoms with Crippen LogP contribution in [-0.2, 0) is 14.3 Å². The maximum atomic E-state index is 11.8. The maximum absolute atomic E-state index is 11.8. The molecule has 16 heavy (non-hydrogen) atoms. The molecule has 0 bridgehead atoms. The highest BCUT2D eigenvalue weighted by Crippen LogP contribution is 2.04. The van der Waals surface area contributed by atoms with E-state index in [9.17, 15) is 4.79 Å². The third-order valence-corrected chi connectivity index (χ3v) is 2.35. The molecule has 0 heterocycles. The first kappa shape index (κ1) is 15.3. The normalized spacial score (nSPS) is 12.5. The van der Waals surface area contributed by atoms with E-state index in [4.69, 9.17) is 14.6 Å². The van der Waals surface area contributed by atoms with Crippen LogP contribution < -0.4 is 0 Å². The van der Waals surface area contributed by atoms with E-state index >= 15 is 0 Å². The number of nitrogens with zero attached hydrogens (tertiary/aromatic N) is 1. The smallest absolute Gasteiger partial charge is 0.223 e. The van der Waals surface area contributed by atoms with Crippen molar-refractivity contribution in [2.75, 3.05) is 40.6 Å². The first-order valence-corrected chi connectivity index (χ1v) is 5.55. The Balaban J connectivity index is 4.21. The molecule has 0 saturated carbocycles. The predicted octanol–water partition coefficient (Wildman–Crippen LogP) is 0.269. The van der Waals surface area contributed by atoms with Gasteiger partial charge in [-0.05, 0) is 13.3 Å². The fraction of sp³-hybridized carbons (Fsp3) is 0.909. The van der Waals surface area contributed by atoms with Crippen LogP contribution in [0.25, 0.3) is 0 Å². The Hall–Kier alpha value is -0.650. The van der Waals surface area contributed by atoms with E-state index in [-0.39, 0.29) is 18.6 Å². The molecule has 0 aromatic rings. The van der Waals surface area contributed by atoms with Crippen molar-refractivity contribution >= 4 is 5.91 Å². The molecule has 0 aliphatic rings. The number of amides is 1. The molecule has 0 aliphatic heterocycles. The fourth-order valence-electron chi connectivity index (χ4n) is 1.49. The number of carbonyl (C=O) groups is 1. The molecule has 0 rings (SSSR count). The predicted molar refractivity (Wildman–Crippen MR) is 61.2 cm³/mol. The summed E-state index contributed by atoms with van der Waals surface area (Å²) in [5, 5.41) is 8.69. The molecule has 0 aromatic carbocycles. The molecule has 0 fully saturated rings. The van der Waals surface area contributed by atoms with E-state index in [1.165, 1.54) is 0 Å². The molecule has 5 heteroatoms. The topological polar surface area (TPSA) is 59.0 Å². The summed E-state index contributed by atoms with van der Waals surface area (Å²) < 4.78 is 10.0. The molecule has 0 aromatic heterocycles. The molecule has 0 spiro atoms. The van der Waals surface area contributed by atoms with Crippen molar-refractivity contribution in [3.8, 4) is 0 Å². The molecule has 0 radical (unpaired) electrons. The molecule has 0 aliphatic carbocycles. The van der Waals surface area contributed by atoms with Crippen LogP contribution in [0.4, 0.5) is 0 Å². The first-order chi connectivity index (χ1) is 7.67. The monoisotopic (exact) mass is 233 g/mol. The third kappa shape index (κ3) is 6.05. The van der Waals surface area contributed by atoms with Gasteiger partial charge in [-0.2, -0.15) is 0 Å².